The van der Waals surface area contributed by atoms with Crippen molar-refractivity contribution in [2.45, 2.75) is 89.4 Å². The zero-order valence-corrected chi connectivity index (χ0v) is 27.0. The quantitative estimate of drug-likeness (QED) is 0.227. The van der Waals surface area contributed by atoms with Crippen LogP contribution in [0.4, 0.5) is 4.79 Å². The molecule has 2 aromatic rings. The zero-order valence-electron chi connectivity index (χ0n) is 26.2. The van der Waals surface area contributed by atoms with Gasteiger partial charge in [-0.2, -0.15) is 0 Å². The number of carbonyl (C=O) groups excluding carboxylic acids is 5. The summed E-state index contributed by atoms with van der Waals surface area (Å²) in [5.41, 5.74) is 0.896. The maximum atomic E-state index is 13.7. The van der Waals surface area contributed by atoms with Crippen LogP contribution in [0.1, 0.15) is 77.0 Å². The van der Waals surface area contributed by atoms with Crippen LogP contribution in [-0.2, 0) is 29.3 Å². The van der Waals surface area contributed by atoms with Crippen LogP contribution in [-0.4, -0.2) is 54.3 Å². The minimum atomic E-state index is -1.23. The number of carbonyl (C=O) groups is 5. The molecule has 0 radical (unpaired) electrons. The van der Waals surface area contributed by atoms with Crippen LogP contribution in [0.3, 0.4) is 0 Å². The number of benzene rings is 2. The monoisotopic (exact) mass is 638 g/mol. The van der Waals surface area contributed by atoms with Crippen molar-refractivity contribution >= 4 is 41.2 Å². The Labute approximate surface area is 269 Å². The van der Waals surface area contributed by atoms with Crippen molar-refractivity contribution in [3.63, 3.8) is 0 Å². The van der Waals surface area contributed by atoms with Gasteiger partial charge in [0.1, 0.15) is 12.1 Å². The lowest BCUT2D eigenvalue weighted by Gasteiger charge is -2.35. The number of hydrogen-bond acceptors (Lipinski definition) is 6. The van der Waals surface area contributed by atoms with Crippen LogP contribution in [0, 0.1) is 11.8 Å². The predicted octanol–water partition coefficient (Wildman–Crippen LogP) is 4.36. The van der Waals surface area contributed by atoms with Crippen molar-refractivity contribution in [1.82, 2.24) is 21.3 Å². The summed E-state index contributed by atoms with van der Waals surface area (Å²) in [7, 11) is 0. The Morgan fingerprint density at radius 1 is 0.978 bits per heavy atom. The molecule has 2 fully saturated rings. The van der Waals surface area contributed by atoms with Gasteiger partial charge in [0.05, 0.1) is 6.04 Å². The molecule has 4 rings (SSSR count). The molecule has 10 nitrogen and oxygen atoms in total. The Hall–Kier alpha value is -3.92. The minimum absolute atomic E-state index is 0.0122. The van der Waals surface area contributed by atoms with Gasteiger partial charge in [-0.25, -0.2) is 4.79 Å². The highest BCUT2D eigenvalue weighted by atomic mass is 35.5. The molecule has 1 saturated carbocycles. The first-order valence-corrected chi connectivity index (χ1v) is 15.9. The fourth-order valence-corrected chi connectivity index (χ4v) is 5.78. The smallest absolute Gasteiger partial charge is 0.408 e. The van der Waals surface area contributed by atoms with Crippen LogP contribution in [0.25, 0.3) is 0 Å². The standard InChI is InChI=1S/C34H43ClN4O6/c1-20(2)17-27(31(42)38-26(18-22-15-16-36-30(22)41)28(40)32(43)37-25-13-14-25)39-33(44)45-29(21-9-6-5-7-10-21)34(3,4)23-11-8-12-24(35)19-23/h5-12,19-20,22,25-27,29H,13-18H2,1-4H3,(H,36,41)(H,37,43)(H,38,42)(H,39,44). The van der Waals surface area contributed by atoms with E-state index in [9.17, 15) is 24.0 Å². The van der Waals surface area contributed by atoms with Crippen molar-refractivity contribution in [3.05, 3.63) is 70.7 Å². The first-order chi connectivity index (χ1) is 21.3. The normalized spacial score (nSPS) is 18.4. The number of nitrogens with one attached hydrogen (secondary N) is 4. The lowest BCUT2D eigenvalue weighted by molar-refractivity contribution is -0.141. The van der Waals surface area contributed by atoms with Gasteiger partial charge in [0.2, 0.25) is 17.6 Å². The second-order valence-corrected chi connectivity index (χ2v) is 13.4. The second-order valence-electron chi connectivity index (χ2n) is 12.9. The molecule has 4 amide bonds. The van der Waals surface area contributed by atoms with Crippen LogP contribution >= 0.6 is 11.6 Å². The van der Waals surface area contributed by atoms with E-state index in [1.807, 2.05) is 76.2 Å². The van der Waals surface area contributed by atoms with Gasteiger partial charge in [-0.1, -0.05) is 81.8 Å². The minimum Gasteiger partial charge on any atom is -0.440 e. The molecular weight excluding hydrogens is 596 g/mol. The Morgan fingerprint density at radius 2 is 1.69 bits per heavy atom. The highest BCUT2D eigenvalue weighted by molar-refractivity contribution is 6.38. The molecule has 4 unspecified atom stereocenters. The summed E-state index contributed by atoms with van der Waals surface area (Å²) in [6, 6.07) is 14.3. The molecule has 1 heterocycles. The number of hydrogen-bond donors (Lipinski definition) is 4. The van der Waals surface area contributed by atoms with Crippen molar-refractivity contribution < 1.29 is 28.7 Å². The first kappa shape index (κ1) is 34.0. The van der Waals surface area contributed by atoms with Gasteiger partial charge in [-0.15, -0.1) is 0 Å². The van der Waals surface area contributed by atoms with Crippen LogP contribution in [0.2, 0.25) is 5.02 Å². The molecule has 0 bridgehead atoms. The number of ketones is 1. The SMILES string of the molecule is CC(C)CC(NC(=O)OC(c1ccccc1)C(C)(C)c1cccc(Cl)c1)C(=O)NC(CC1CCNC1=O)C(=O)C(=O)NC1CC1. The Morgan fingerprint density at radius 3 is 2.29 bits per heavy atom. The summed E-state index contributed by atoms with van der Waals surface area (Å²) in [5, 5.41) is 11.3. The average Bonchev–Trinajstić information content (AvgIpc) is 3.73. The third-order valence-corrected chi connectivity index (χ3v) is 8.55. The Kier molecular flexibility index (Phi) is 11.3. The molecule has 0 spiro atoms. The Balaban J connectivity index is 1.53. The summed E-state index contributed by atoms with van der Waals surface area (Å²) >= 11 is 6.30. The van der Waals surface area contributed by atoms with E-state index in [-0.39, 0.29) is 30.7 Å². The number of rotatable bonds is 14. The van der Waals surface area contributed by atoms with Crippen molar-refractivity contribution in [1.29, 1.82) is 0 Å². The zero-order chi connectivity index (χ0) is 32.7. The molecule has 2 aliphatic rings. The van der Waals surface area contributed by atoms with E-state index < -0.39 is 53.2 Å². The fraction of sp³-hybridized carbons (Fsp3) is 0.500. The lowest BCUT2D eigenvalue weighted by atomic mass is 9.76. The van der Waals surface area contributed by atoms with Gasteiger partial charge in [0.25, 0.3) is 5.91 Å². The largest absolute Gasteiger partial charge is 0.440 e. The van der Waals surface area contributed by atoms with Crippen molar-refractivity contribution in [2.75, 3.05) is 6.54 Å². The first-order valence-electron chi connectivity index (χ1n) is 15.6. The molecule has 11 heteroatoms. The van der Waals surface area contributed by atoms with Gasteiger partial charge < -0.3 is 26.0 Å². The van der Waals surface area contributed by atoms with E-state index in [0.717, 1.165) is 24.0 Å². The van der Waals surface area contributed by atoms with Gasteiger partial charge >= 0.3 is 6.09 Å². The number of amides is 4. The van der Waals surface area contributed by atoms with Crippen LogP contribution < -0.4 is 21.3 Å². The average molecular weight is 639 g/mol. The van der Waals surface area contributed by atoms with Crippen LogP contribution in [0.5, 0.6) is 0 Å². The summed E-state index contributed by atoms with van der Waals surface area (Å²) in [5.74, 6) is -2.99. The van der Waals surface area contributed by atoms with Crippen molar-refractivity contribution in [2.24, 2.45) is 11.8 Å². The summed E-state index contributed by atoms with van der Waals surface area (Å²) in [6.07, 6.45) is 0.742. The summed E-state index contributed by atoms with van der Waals surface area (Å²) in [6.45, 7) is 8.16. The van der Waals surface area contributed by atoms with E-state index in [2.05, 4.69) is 21.3 Å². The third-order valence-electron chi connectivity index (χ3n) is 8.32. The molecule has 1 saturated heterocycles. The van der Waals surface area contributed by atoms with Gasteiger partial charge in [0, 0.05) is 28.9 Å². The van der Waals surface area contributed by atoms with Gasteiger partial charge in [-0.3, -0.25) is 19.2 Å². The molecule has 242 valence electrons. The third kappa shape index (κ3) is 9.29. The topological polar surface area (TPSA) is 143 Å². The van der Waals surface area contributed by atoms with E-state index in [4.69, 9.17) is 16.3 Å². The van der Waals surface area contributed by atoms with Gasteiger partial charge in [0.15, 0.2) is 0 Å². The number of ether oxygens (including phenoxy) is 1. The second kappa shape index (κ2) is 14.9. The fourth-order valence-electron chi connectivity index (χ4n) is 5.59. The maximum absolute atomic E-state index is 13.7. The molecular formula is C34H43ClN4O6. The highest BCUT2D eigenvalue weighted by Gasteiger charge is 2.39. The molecule has 45 heavy (non-hydrogen) atoms. The van der Waals surface area contributed by atoms with E-state index in [1.54, 1.807) is 6.07 Å². The number of alkyl carbamates (subject to hydrolysis) is 1. The molecule has 1 aliphatic carbocycles. The molecule has 4 atom stereocenters. The molecule has 2 aromatic carbocycles. The van der Waals surface area contributed by atoms with E-state index >= 15 is 0 Å². The molecule has 1 aliphatic heterocycles. The van der Waals surface area contributed by atoms with E-state index in [0.29, 0.717) is 18.0 Å². The lowest BCUT2D eigenvalue weighted by Crippen LogP contribution is -2.55. The van der Waals surface area contributed by atoms with E-state index in [1.165, 1.54) is 0 Å². The van der Waals surface area contributed by atoms with Gasteiger partial charge in [-0.05, 0) is 61.3 Å². The number of halogens is 1. The summed E-state index contributed by atoms with van der Waals surface area (Å²) < 4.78 is 6.06. The predicted molar refractivity (Wildman–Crippen MR) is 170 cm³/mol. The number of Topliss-reactive ketones (excluding diaryl/α,β-unsaturated/α-hetero) is 1. The highest BCUT2D eigenvalue weighted by Crippen LogP contribution is 2.40. The molecule has 4 N–H and O–H groups in total. The summed E-state index contributed by atoms with van der Waals surface area (Å²) in [4.78, 5) is 65.4. The van der Waals surface area contributed by atoms with Crippen LogP contribution in [0.15, 0.2) is 54.6 Å². The maximum Gasteiger partial charge on any atom is 0.408 e. The Bertz CT molecular complexity index is 1390. The molecule has 0 aromatic heterocycles. The van der Waals surface area contributed by atoms with Crippen molar-refractivity contribution in [3.8, 4) is 0 Å².